The van der Waals surface area contributed by atoms with E-state index in [-0.39, 0.29) is 29.3 Å². The number of rotatable bonds is 6. The van der Waals surface area contributed by atoms with Gasteiger partial charge in [0.15, 0.2) is 5.78 Å². The van der Waals surface area contributed by atoms with Crippen molar-refractivity contribution in [2.24, 2.45) is 7.05 Å². The van der Waals surface area contributed by atoms with Gasteiger partial charge in [0.25, 0.3) is 5.91 Å². The van der Waals surface area contributed by atoms with E-state index in [1.165, 1.54) is 38.2 Å². The van der Waals surface area contributed by atoms with E-state index in [9.17, 15) is 24.1 Å². The highest BCUT2D eigenvalue weighted by Gasteiger charge is 2.30. The van der Waals surface area contributed by atoms with Crippen molar-refractivity contribution in [2.75, 3.05) is 0 Å². The van der Waals surface area contributed by atoms with Crippen molar-refractivity contribution in [3.05, 3.63) is 57.1 Å². The number of amides is 1. The van der Waals surface area contributed by atoms with E-state index in [1.807, 2.05) is 0 Å². The van der Waals surface area contributed by atoms with Crippen molar-refractivity contribution < 1.29 is 18.9 Å². The van der Waals surface area contributed by atoms with Gasteiger partial charge in [0, 0.05) is 25.1 Å². The van der Waals surface area contributed by atoms with Gasteiger partial charge in [0.05, 0.1) is 4.92 Å². The summed E-state index contributed by atoms with van der Waals surface area (Å²) in [5, 5.41) is 17.6. The molecule has 0 aliphatic carbocycles. The molecule has 1 aromatic heterocycles. The lowest BCUT2D eigenvalue weighted by molar-refractivity contribution is -0.385. The number of carbonyl (C=O) groups is 2. The molecule has 1 atom stereocenters. The standard InChI is InChI=1S/C16H17FN4O4/c1-9(8-13(22)11-4-6-12(17)7-5-11)18-16(23)15-14(21(24)25)10(2)19-20(15)3/h4-7,9H,8H2,1-3H3,(H,18,23)/t9-/m0/s1. The second-order valence-corrected chi connectivity index (χ2v) is 5.67. The van der Waals surface area contributed by atoms with Gasteiger partial charge in [-0.05, 0) is 38.1 Å². The summed E-state index contributed by atoms with van der Waals surface area (Å²) < 4.78 is 14.0. The van der Waals surface area contributed by atoms with Crippen molar-refractivity contribution in [3.8, 4) is 0 Å². The number of hydrogen-bond acceptors (Lipinski definition) is 5. The van der Waals surface area contributed by atoms with Gasteiger partial charge in [-0.3, -0.25) is 24.4 Å². The Balaban J connectivity index is 2.09. The summed E-state index contributed by atoms with van der Waals surface area (Å²) in [4.78, 5) is 34.9. The van der Waals surface area contributed by atoms with Crippen LogP contribution in [0.2, 0.25) is 0 Å². The maximum atomic E-state index is 12.9. The van der Waals surface area contributed by atoms with Crippen LogP contribution in [0, 0.1) is 22.9 Å². The van der Waals surface area contributed by atoms with Crippen LogP contribution in [0.5, 0.6) is 0 Å². The molecule has 0 radical (unpaired) electrons. The molecule has 2 rings (SSSR count). The Labute approximate surface area is 142 Å². The predicted octanol–water partition coefficient (Wildman–Crippen LogP) is 2.17. The van der Waals surface area contributed by atoms with Crippen LogP contribution >= 0.6 is 0 Å². The number of aromatic nitrogens is 2. The Kier molecular flexibility index (Phi) is 5.26. The first-order chi connectivity index (χ1) is 11.7. The molecule has 1 heterocycles. The summed E-state index contributed by atoms with van der Waals surface area (Å²) in [7, 11) is 1.43. The molecular weight excluding hydrogens is 331 g/mol. The second kappa shape index (κ2) is 7.20. The fourth-order valence-corrected chi connectivity index (χ4v) is 2.49. The van der Waals surface area contributed by atoms with Crippen molar-refractivity contribution in [2.45, 2.75) is 26.3 Å². The van der Waals surface area contributed by atoms with Gasteiger partial charge < -0.3 is 5.32 Å². The largest absolute Gasteiger partial charge is 0.348 e. The van der Waals surface area contributed by atoms with Crippen LogP contribution < -0.4 is 5.32 Å². The minimum absolute atomic E-state index is 0.0258. The van der Waals surface area contributed by atoms with E-state index >= 15 is 0 Å². The Bertz CT molecular complexity index is 829. The first-order valence-electron chi connectivity index (χ1n) is 7.48. The van der Waals surface area contributed by atoms with Gasteiger partial charge in [0.1, 0.15) is 11.5 Å². The van der Waals surface area contributed by atoms with E-state index in [2.05, 4.69) is 10.4 Å². The lowest BCUT2D eigenvalue weighted by Gasteiger charge is -2.13. The highest BCUT2D eigenvalue weighted by Crippen LogP contribution is 2.22. The van der Waals surface area contributed by atoms with Crippen molar-refractivity contribution in [1.29, 1.82) is 0 Å². The molecule has 9 heteroatoms. The fraction of sp³-hybridized carbons (Fsp3) is 0.312. The number of aryl methyl sites for hydroxylation is 2. The minimum Gasteiger partial charge on any atom is -0.348 e. The van der Waals surface area contributed by atoms with Crippen LogP contribution in [0.4, 0.5) is 10.1 Å². The Morgan fingerprint density at radius 3 is 2.52 bits per heavy atom. The van der Waals surface area contributed by atoms with E-state index in [0.29, 0.717) is 5.56 Å². The van der Waals surface area contributed by atoms with Crippen LogP contribution in [0.3, 0.4) is 0 Å². The Morgan fingerprint density at radius 2 is 1.96 bits per heavy atom. The number of nitrogens with zero attached hydrogens (tertiary/aromatic N) is 3. The smallest absolute Gasteiger partial charge is 0.322 e. The van der Waals surface area contributed by atoms with Crippen LogP contribution in [-0.2, 0) is 7.05 Å². The third-order valence-electron chi connectivity index (χ3n) is 3.62. The van der Waals surface area contributed by atoms with Gasteiger partial charge >= 0.3 is 5.69 Å². The first kappa shape index (κ1) is 18.2. The van der Waals surface area contributed by atoms with Crippen molar-refractivity contribution >= 4 is 17.4 Å². The molecular formula is C16H17FN4O4. The average Bonchev–Trinajstić information content (AvgIpc) is 2.82. The molecule has 0 saturated heterocycles. The molecule has 0 saturated carbocycles. The highest BCUT2D eigenvalue weighted by molar-refractivity contribution is 5.99. The number of benzene rings is 1. The third kappa shape index (κ3) is 4.06. The van der Waals surface area contributed by atoms with E-state index < -0.39 is 22.7 Å². The second-order valence-electron chi connectivity index (χ2n) is 5.67. The summed E-state index contributed by atoms with van der Waals surface area (Å²) in [5.41, 5.74) is -0.0850. The summed E-state index contributed by atoms with van der Waals surface area (Å²) in [6.07, 6.45) is -0.0258. The Morgan fingerprint density at radius 1 is 1.36 bits per heavy atom. The highest BCUT2D eigenvalue weighted by atomic mass is 19.1. The van der Waals surface area contributed by atoms with Gasteiger partial charge in [0.2, 0.25) is 5.69 Å². The molecule has 0 aliphatic heterocycles. The molecule has 1 N–H and O–H groups in total. The van der Waals surface area contributed by atoms with Gasteiger partial charge in [-0.15, -0.1) is 0 Å². The molecule has 0 bridgehead atoms. The summed E-state index contributed by atoms with van der Waals surface area (Å²) in [6.45, 7) is 3.05. The van der Waals surface area contributed by atoms with Gasteiger partial charge in [-0.2, -0.15) is 5.10 Å². The summed E-state index contributed by atoms with van der Waals surface area (Å²) in [5.74, 6) is -1.41. The van der Waals surface area contributed by atoms with E-state index in [1.54, 1.807) is 6.92 Å². The normalized spacial score (nSPS) is 11.8. The number of carbonyl (C=O) groups excluding carboxylic acids is 2. The average molecular weight is 348 g/mol. The lowest BCUT2D eigenvalue weighted by Crippen LogP contribution is -2.35. The molecule has 2 aromatic rings. The number of ketones is 1. The number of nitro groups is 1. The zero-order valence-electron chi connectivity index (χ0n) is 13.9. The zero-order chi connectivity index (χ0) is 18.7. The van der Waals surface area contributed by atoms with Crippen molar-refractivity contribution in [3.63, 3.8) is 0 Å². The Hall–Kier alpha value is -3.10. The molecule has 132 valence electrons. The molecule has 25 heavy (non-hydrogen) atoms. The predicted molar refractivity (Wildman–Crippen MR) is 86.9 cm³/mol. The number of Topliss-reactive ketones (excluding diaryl/α,β-unsaturated/α-hetero) is 1. The first-order valence-corrected chi connectivity index (χ1v) is 7.48. The summed E-state index contributed by atoms with van der Waals surface area (Å²) >= 11 is 0. The number of nitrogens with one attached hydrogen (secondary N) is 1. The van der Waals surface area contributed by atoms with Crippen LogP contribution in [0.25, 0.3) is 0 Å². The van der Waals surface area contributed by atoms with Gasteiger partial charge in [-0.25, -0.2) is 4.39 Å². The third-order valence-corrected chi connectivity index (χ3v) is 3.62. The zero-order valence-corrected chi connectivity index (χ0v) is 13.9. The van der Waals surface area contributed by atoms with Crippen molar-refractivity contribution in [1.82, 2.24) is 15.1 Å². The molecule has 8 nitrogen and oxygen atoms in total. The van der Waals surface area contributed by atoms with Gasteiger partial charge in [-0.1, -0.05) is 0 Å². The van der Waals surface area contributed by atoms with Crippen LogP contribution in [0.15, 0.2) is 24.3 Å². The molecule has 1 aromatic carbocycles. The lowest BCUT2D eigenvalue weighted by atomic mass is 10.0. The van der Waals surface area contributed by atoms with Crippen LogP contribution in [0.1, 0.15) is 39.9 Å². The number of halogens is 1. The maximum absolute atomic E-state index is 12.9. The molecule has 0 unspecified atom stereocenters. The monoisotopic (exact) mass is 348 g/mol. The SMILES string of the molecule is Cc1nn(C)c(C(=O)N[C@@H](C)CC(=O)c2ccc(F)cc2)c1[N+](=O)[O-]. The van der Waals surface area contributed by atoms with E-state index in [0.717, 1.165) is 4.68 Å². The maximum Gasteiger partial charge on any atom is 0.322 e. The fourth-order valence-electron chi connectivity index (χ4n) is 2.49. The topological polar surface area (TPSA) is 107 Å². The summed E-state index contributed by atoms with van der Waals surface area (Å²) in [6, 6.07) is 4.51. The van der Waals surface area contributed by atoms with E-state index in [4.69, 9.17) is 0 Å². The minimum atomic E-state index is -0.686. The molecule has 1 amide bonds. The quantitative estimate of drug-likeness (QED) is 0.489. The number of hydrogen-bond donors (Lipinski definition) is 1. The molecule has 0 spiro atoms. The molecule has 0 fully saturated rings. The van der Waals surface area contributed by atoms with Crippen LogP contribution in [-0.4, -0.2) is 32.4 Å². The molecule has 0 aliphatic rings.